The number of hydrogen-bond donors (Lipinski definition) is 1. The molecule has 3 aromatic rings. The molecule has 186 valence electrons. The van der Waals surface area contributed by atoms with Crippen LogP contribution in [0.1, 0.15) is 50.5 Å². The van der Waals surface area contributed by atoms with Gasteiger partial charge in [-0.1, -0.05) is 37.5 Å². The average molecular weight is 474 g/mol. The molecule has 2 heterocycles. The maximum Gasteiger partial charge on any atom is 0.229 e. The van der Waals surface area contributed by atoms with Crippen molar-refractivity contribution < 1.29 is 0 Å². The number of benzene rings is 1. The van der Waals surface area contributed by atoms with Gasteiger partial charge in [0.25, 0.3) is 0 Å². The van der Waals surface area contributed by atoms with Crippen molar-refractivity contribution in [3.05, 3.63) is 60.3 Å². The predicted octanol–water partition coefficient (Wildman–Crippen LogP) is 5.69. The number of anilines is 5. The summed E-state index contributed by atoms with van der Waals surface area (Å²) in [6.45, 7) is 4.59. The Morgan fingerprint density at radius 1 is 0.886 bits per heavy atom. The third-order valence-electron chi connectivity index (χ3n) is 6.83. The number of aromatic nitrogens is 3. The molecule has 0 amide bonds. The molecule has 0 aliphatic heterocycles. The van der Waals surface area contributed by atoms with E-state index in [2.05, 4.69) is 58.3 Å². The van der Waals surface area contributed by atoms with E-state index in [0.717, 1.165) is 48.7 Å². The zero-order chi connectivity index (χ0) is 24.6. The molecular weight excluding hydrogens is 434 g/mol. The topological polar surface area (TPSA) is 60.4 Å². The normalized spacial score (nSPS) is 13.9. The van der Waals surface area contributed by atoms with Crippen LogP contribution < -0.4 is 20.0 Å². The number of nitrogens with zero attached hydrogens (tertiary/aromatic N) is 6. The minimum atomic E-state index is 0.714. The minimum Gasteiger partial charge on any atom is -0.363 e. The number of nitrogens with one attached hydrogen (secondary N) is 1. The van der Waals surface area contributed by atoms with Crippen LogP contribution in [-0.2, 0) is 0 Å². The Labute approximate surface area is 210 Å². The van der Waals surface area contributed by atoms with Gasteiger partial charge in [-0.3, -0.25) is 0 Å². The highest BCUT2D eigenvalue weighted by molar-refractivity contribution is 5.62. The van der Waals surface area contributed by atoms with Crippen LogP contribution in [0.15, 0.2) is 54.7 Å². The standard InChI is InChI=1S/C28H39N7/c1-5-35(20-19-34(4)26-13-9-10-18-29-26)28-31-25(21-27(32-28)33(2)3)30-24-16-14-23(15-17-24)22-11-7-6-8-12-22/h9-10,13-18,21-22H,5-8,11-12,19-20H2,1-4H3,(H,30,31,32). The van der Waals surface area contributed by atoms with E-state index < -0.39 is 0 Å². The van der Waals surface area contributed by atoms with Crippen LogP contribution in [0.2, 0.25) is 0 Å². The van der Waals surface area contributed by atoms with Gasteiger partial charge in [-0.05, 0) is 55.5 Å². The van der Waals surface area contributed by atoms with Gasteiger partial charge in [-0.15, -0.1) is 0 Å². The van der Waals surface area contributed by atoms with Gasteiger partial charge >= 0.3 is 0 Å². The second-order valence-electron chi connectivity index (χ2n) is 9.58. The first-order valence-corrected chi connectivity index (χ1v) is 12.8. The summed E-state index contributed by atoms with van der Waals surface area (Å²) in [6, 6.07) is 16.9. The van der Waals surface area contributed by atoms with Crippen molar-refractivity contribution in [3.8, 4) is 0 Å². The number of pyridine rings is 1. The molecule has 7 heteroatoms. The summed E-state index contributed by atoms with van der Waals surface area (Å²) in [5.41, 5.74) is 2.51. The largest absolute Gasteiger partial charge is 0.363 e. The fourth-order valence-corrected chi connectivity index (χ4v) is 4.64. The Morgan fingerprint density at radius 2 is 1.66 bits per heavy atom. The van der Waals surface area contributed by atoms with Crippen LogP contribution in [0.5, 0.6) is 0 Å². The molecule has 1 fully saturated rings. The van der Waals surface area contributed by atoms with E-state index in [1.807, 2.05) is 49.5 Å². The molecule has 0 radical (unpaired) electrons. The van der Waals surface area contributed by atoms with Crippen molar-refractivity contribution in [2.24, 2.45) is 0 Å². The van der Waals surface area contributed by atoms with Gasteiger partial charge in [0.1, 0.15) is 17.5 Å². The first-order chi connectivity index (χ1) is 17.0. The van der Waals surface area contributed by atoms with Gasteiger partial charge in [0.2, 0.25) is 5.95 Å². The van der Waals surface area contributed by atoms with E-state index in [9.17, 15) is 0 Å². The van der Waals surface area contributed by atoms with Crippen molar-refractivity contribution in [2.75, 3.05) is 60.8 Å². The highest BCUT2D eigenvalue weighted by atomic mass is 15.3. The Kier molecular flexibility index (Phi) is 8.40. The van der Waals surface area contributed by atoms with Crippen molar-refractivity contribution in [1.29, 1.82) is 0 Å². The van der Waals surface area contributed by atoms with Gasteiger partial charge in [0, 0.05) is 58.7 Å². The third-order valence-corrected chi connectivity index (χ3v) is 6.83. The first-order valence-electron chi connectivity index (χ1n) is 12.8. The van der Waals surface area contributed by atoms with Crippen LogP contribution >= 0.6 is 0 Å². The van der Waals surface area contributed by atoms with Crippen molar-refractivity contribution in [2.45, 2.75) is 44.9 Å². The molecule has 0 saturated heterocycles. The van der Waals surface area contributed by atoms with Crippen LogP contribution in [0.4, 0.5) is 29.1 Å². The van der Waals surface area contributed by atoms with Crippen LogP contribution in [0, 0.1) is 0 Å². The molecule has 1 saturated carbocycles. The van der Waals surface area contributed by atoms with Gasteiger partial charge in [-0.25, -0.2) is 4.98 Å². The van der Waals surface area contributed by atoms with Gasteiger partial charge in [0.15, 0.2) is 0 Å². The summed E-state index contributed by atoms with van der Waals surface area (Å²) in [5.74, 6) is 4.10. The van der Waals surface area contributed by atoms with Gasteiger partial charge in [0.05, 0.1) is 0 Å². The zero-order valence-electron chi connectivity index (χ0n) is 21.6. The molecule has 35 heavy (non-hydrogen) atoms. The lowest BCUT2D eigenvalue weighted by molar-refractivity contribution is 0.443. The summed E-state index contributed by atoms with van der Waals surface area (Å²) in [4.78, 5) is 20.6. The molecule has 0 unspecified atom stereocenters. The van der Waals surface area contributed by atoms with Gasteiger partial charge < -0.3 is 20.0 Å². The van der Waals surface area contributed by atoms with Crippen molar-refractivity contribution in [3.63, 3.8) is 0 Å². The number of rotatable bonds is 10. The molecule has 4 rings (SSSR count). The van der Waals surface area contributed by atoms with Crippen LogP contribution in [0.25, 0.3) is 0 Å². The second kappa shape index (κ2) is 11.9. The highest BCUT2D eigenvalue weighted by Gasteiger charge is 2.16. The predicted molar refractivity (Wildman–Crippen MR) is 147 cm³/mol. The molecule has 1 aliphatic rings. The third kappa shape index (κ3) is 6.62. The van der Waals surface area contributed by atoms with E-state index in [4.69, 9.17) is 9.97 Å². The van der Waals surface area contributed by atoms with E-state index >= 15 is 0 Å². The molecule has 1 aromatic carbocycles. The van der Waals surface area contributed by atoms with Crippen LogP contribution in [-0.4, -0.2) is 55.7 Å². The first kappa shape index (κ1) is 24.8. The van der Waals surface area contributed by atoms with Crippen molar-refractivity contribution in [1.82, 2.24) is 15.0 Å². The van der Waals surface area contributed by atoms with E-state index in [1.165, 1.54) is 37.7 Å². The molecule has 7 nitrogen and oxygen atoms in total. The second-order valence-corrected chi connectivity index (χ2v) is 9.58. The molecule has 0 bridgehead atoms. The Morgan fingerprint density at radius 3 is 2.31 bits per heavy atom. The monoisotopic (exact) mass is 473 g/mol. The lowest BCUT2D eigenvalue weighted by Crippen LogP contribution is -2.34. The SMILES string of the molecule is CCN(CCN(C)c1ccccn1)c1nc(Nc2ccc(C3CCCCC3)cc2)cc(N(C)C)n1. The molecule has 2 aromatic heterocycles. The molecular formula is C28H39N7. The zero-order valence-corrected chi connectivity index (χ0v) is 21.6. The summed E-state index contributed by atoms with van der Waals surface area (Å²) < 4.78 is 0. The smallest absolute Gasteiger partial charge is 0.229 e. The summed E-state index contributed by atoms with van der Waals surface area (Å²) >= 11 is 0. The van der Waals surface area contributed by atoms with Gasteiger partial charge in [-0.2, -0.15) is 9.97 Å². The lowest BCUT2D eigenvalue weighted by atomic mass is 9.84. The maximum atomic E-state index is 4.89. The Balaban J connectivity index is 1.48. The lowest BCUT2D eigenvalue weighted by Gasteiger charge is -2.26. The quantitative estimate of drug-likeness (QED) is 0.406. The molecule has 0 atom stereocenters. The Hall–Kier alpha value is -3.35. The van der Waals surface area contributed by atoms with E-state index in [-0.39, 0.29) is 0 Å². The fourth-order valence-electron chi connectivity index (χ4n) is 4.64. The summed E-state index contributed by atoms with van der Waals surface area (Å²) in [7, 11) is 6.09. The highest BCUT2D eigenvalue weighted by Crippen LogP contribution is 2.33. The van der Waals surface area contributed by atoms with Crippen LogP contribution in [0.3, 0.4) is 0 Å². The molecule has 1 aliphatic carbocycles. The molecule has 1 N–H and O–H groups in total. The number of hydrogen-bond acceptors (Lipinski definition) is 7. The summed E-state index contributed by atoms with van der Waals surface area (Å²) in [5, 5.41) is 3.51. The fraction of sp³-hybridized carbons (Fsp3) is 0.464. The van der Waals surface area contributed by atoms with E-state index in [0.29, 0.717) is 5.92 Å². The Bertz CT molecular complexity index is 1050. The molecule has 0 spiro atoms. The average Bonchev–Trinajstić information content (AvgIpc) is 2.90. The minimum absolute atomic E-state index is 0.714. The summed E-state index contributed by atoms with van der Waals surface area (Å²) in [6.07, 6.45) is 8.55. The van der Waals surface area contributed by atoms with E-state index in [1.54, 1.807) is 0 Å². The maximum absolute atomic E-state index is 4.89. The number of likely N-dealkylation sites (N-methyl/N-ethyl adjacent to an activating group) is 2. The van der Waals surface area contributed by atoms with Crippen molar-refractivity contribution >= 4 is 29.1 Å².